The van der Waals surface area contributed by atoms with Gasteiger partial charge < -0.3 is 14.8 Å². The van der Waals surface area contributed by atoms with E-state index in [0.29, 0.717) is 25.7 Å². The van der Waals surface area contributed by atoms with Crippen molar-refractivity contribution in [1.82, 2.24) is 5.32 Å². The van der Waals surface area contributed by atoms with E-state index in [4.69, 9.17) is 9.47 Å². The molecule has 1 saturated carbocycles. The summed E-state index contributed by atoms with van der Waals surface area (Å²) in [5, 5.41) is 3.12. The SMILES string of the molecule is O=C(CCc1ccc2c(c1)OCCO2)NC1CCCC1. The number of hydrogen-bond donors (Lipinski definition) is 1. The Morgan fingerprint density at radius 1 is 1.15 bits per heavy atom. The maximum atomic E-state index is 11.9. The first-order valence-electron chi connectivity index (χ1n) is 7.49. The molecule has 1 aliphatic carbocycles. The molecule has 1 fully saturated rings. The Kier molecular flexibility index (Phi) is 4.09. The van der Waals surface area contributed by atoms with Crippen LogP contribution in [0.25, 0.3) is 0 Å². The van der Waals surface area contributed by atoms with E-state index in [1.165, 1.54) is 12.8 Å². The van der Waals surface area contributed by atoms with E-state index < -0.39 is 0 Å². The number of carbonyl (C=O) groups is 1. The molecule has 0 spiro atoms. The van der Waals surface area contributed by atoms with Gasteiger partial charge in [0.05, 0.1) is 0 Å². The molecule has 1 amide bonds. The lowest BCUT2D eigenvalue weighted by Crippen LogP contribution is -2.32. The highest BCUT2D eigenvalue weighted by Gasteiger charge is 2.17. The third kappa shape index (κ3) is 3.24. The van der Waals surface area contributed by atoms with Crippen LogP contribution in [0.4, 0.5) is 0 Å². The number of carbonyl (C=O) groups excluding carboxylic acids is 1. The third-order valence-electron chi connectivity index (χ3n) is 3.97. The van der Waals surface area contributed by atoms with Gasteiger partial charge in [0.1, 0.15) is 13.2 Å². The van der Waals surface area contributed by atoms with Crippen LogP contribution in [0.1, 0.15) is 37.7 Å². The second-order valence-electron chi connectivity index (χ2n) is 5.53. The Morgan fingerprint density at radius 3 is 2.70 bits per heavy atom. The first-order valence-corrected chi connectivity index (χ1v) is 7.49. The fourth-order valence-electron chi connectivity index (χ4n) is 2.87. The molecule has 0 unspecified atom stereocenters. The fourth-order valence-corrected chi connectivity index (χ4v) is 2.87. The first kappa shape index (κ1) is 13.3. The van der Waals surface area contributed by atoms with E-state index >= 15 is 0 Å². The van der Waals surface area contributed by atoms with Crippen molar-refractivity contribution >= 4 is 5.91 Å². The molecule has 108 valence electrons. The summed E-state index contributed by atoms with van der Waals surface area (Å²) < 4.78 is 11.0. The second-order valence-corrected chi connectivity index (χ2v) is 5.53. The molecule has 0 saturated heterocycles. The molecule has 0 radical (unpaired) electrons. The van der Waals surface area contributed by atoms with Gasteiger partial charge in [0.15, 0.2) is 11.5 Å². The standard InChI is InChI=1S/C16H21NO3/c18-16(17-13-3-1-2-4-13)8-6-12-5-7-14-15(11-12)20-10-9-19-14/h5,7,11,13H,1-4,6,8-10H2,(H,17,18). The molecule has 1 aromatic rings. The molecule has 1 heterocycles. The zero-order valence-electron chi connectivity index (χ0n) is 11.7. The van der Waals surface area contributed by atoms with Crippen LogP contribution in [0.2, 0.25) is 0 Å². The molecule has 3 rings (SSSR count). The van der Waals surface area contributed by atoms with Crippen LogP contribution in [0.15, 0.2) is 18.2 Å². The molecule has 1 N–H and O–H groups in total. The molecule has 0 atom stereocenters. The average molecular weight is 275 g/mol. The van der Waals surface area contributed by atoms with Crippen molar-refractivity contribution in [2.45, 2.75) is 44.6 Å². The predicted octanol–water partition coefficient (Wildman–Crippen LogP) is 2.45. The van der Waals surface area contributed by atoms with Crippen molar-refractivity contribution in [1.29, 1.82) is 0 Å². The largest absolute Gasteiger partial charge is 0.486 e. The molecular formula is C16H21NO3. The summed E-state index contributed by atoms with van der Waals surface area (Å²) in [6, 6.07) is 6.33. The number of nitrogens with one attached hydrogen (secondary N) is 1. The highest BCUT2D eigenvalue weighted by molar-refractivity contribution is 5.76. The quantitative estimate of drug-likeness (QED) is 0.918. The Labute approximate surface area is 119 Å². The molecule has 2 aliphatic rings. The number of benzene rings is 1. The van der Waals surface area contributed by atoms with E-state index in [9.17, 15) is 4.79 Å². The maximum Gasteiger partial charge on any atom is 0.220 e. The summed E-state index contributed by atoms with van der Waals surface area (Å²) in [4.78, 5) is 11.9. The lowest BCUT2D eigenvalue weighted by atomic mass is 10.1. The Morgan fingerprint density at radius 2 is 1.90 bits per heavy atom. The molecule has 0 bridgehead atoms. The van der Waals surface area contributed by atoms with Gasteiger partial charge in [-0.1, -0.05) is 18.9 Å². The summed E-state index contributed by atoms with van der Waals surface area (Å²) in [6.45, 7) is 1.20. The van der Waals surface area contributed by atoms with Gasteiger partial charge in [0, 0.05) is 12.5 Å². The highest BCUT2D eigenvalue weighted by atomic mass is 16.6. The lowest BCUT2D eigenvalue weighted by molar-refractivity contribution is -0.121. The van der Waals surface area contributed by atoms with Crippen LogP contribution in [-0.4, -0.2) is 25.2 Å². The normalized spacial score (nSPS) is 18.0. The van der Waals surface area contributed by atoms with E-state index in [0.717, 1.165) is 36.3 Å². The monoisotopic (exact) mass is 275 g/mol. The van der Waals surface area contributed by atoms with Gasteiger partial charge in [0.25, 0.3) is 0 Å². The summed E-state index contributed by atoms with van der Waals surface area (Å²) in [7, 11) is 0. The van der Waals surface area contributed by atoms with Crippen molar-refractivity contribution in [3.8, 4) is 11.5 Å². The van der Waals surface area contributed by atoms with Crippen LogP contribution >= 0.6 is 0 Å². The number of ether oxygens (including phenoxy) is 2. The Bertz CT molecular complexity index is 481. The molecule has 4 heteroatoms. The van der Waals surface area contributed by atoms with Crippen LogP contribution in [0.3, 0.4) is 0 Å². The average Bonchev–Trinajstić information content (AvgIpc) is 2.98. The van der Waals surface area contributed by atoms with Gasteiger partial charge in [-0.3, -0.25) is 4.79 Å². The summed E-state index contributed by atoms with van der Waals surface area (Å²) in [5.74, 6) is 1.76. The van der Waals surface area contributed by atoms with Gasteiger partial charge in [0.2, 0.25) is 5.91 Å². The van der Waals surface area contributed by atoms with Crippen molar-refractivity contribution in [3.05, 3.63) is 23.8 Å². The van der Waals surface area contributed by atoms with Crippen molar-refractivity contribution in [2.75, 3.05) is 13.2 Å². The lowest BCUT2D eigenvalue weighted by Gasteiger charge is -2.19. The minimum absolute atomic E-state index is 0.159. The third-order valence-corrected chi connectivity index (χ3v) is 3.97. The fraction of sp³-hybridized carbons (Fsp3) is 0.562. The number of rotatable bonds is 4. The predicted molar refractivity (Wildman–Crippen MR) is 76.2 cm³/mol. The molecule has 4 nitrogen and oxygen atoms in total. The topological polar surface area (TPSA) is 47.6 Å². The minimum Gasteiger partial charge on any atom is -0.486 e. The highest BCUT2D eigenvalue weighted by Crippen LogP contribution is 2.31. The number of amides is 1. The molecule has 1 aliphatic heterocycles. The zero-order valence-corrected chi connectivity index (χ0v) is 11.7. The van der Waals surface area contributed by atoms with Gasteiger partial charge >= 0.3 is 0 Å². The summed E-state index contributed by atoms with van der Waals surface area (Å²) in [6.07, 6.45) is 6.04. The zero-order chi connectivity index (χ0) is 13.8. The van der Waals surface area contributed by atoms with E-state index in [-0.39, 0.29) is 5.91 Å². The van der Waals surface area contributed by atoms with Crippen molar-refractivity contribution in [3.63, 3.8) is 0 Å². The molecule has 1 aromatic carbocycles. The van der Waals surface area contributed by atoms with Gasteiger partial charge in [-0.2, -0.15) is 0 Å². The Balaban J connectivity index is 1.51. The van der Waals surface area contributed by atoms with Crippen LogP contribution in [0, 0.1) is 0 Å². The summed E-state index contributed by atoms with van der Waals surface area (Å²) >= 11 is 0. The van der Waals surface area contributed by atoms with Gasteiger partial charge in [-0.05, 0) is 37.0 Å². The van der Waals surface area contributed by atoms with Crippen molar-refractivity contribution in [2.24, 2.45) is 0 Å². The molecular weight excluding hydrogens is 254 g/mol. The number of aryl methyl sites for hydroxylation is 1. The van der Waals surface area contributed by atoms with Crippen LogP contribution in [0.5, 0.6) is 11.5 Å². The minimum atomic E-state index is 0.159. The van der Waals surface area contributed by atoms with Gasteiger partial charge in [-0.15, -0.1) is 0 Å². The van der Waals surface area contributed by atoms with Crippen molar-refractivity contribution < 1.29 is 14.3 Å². The number of hydrogen-bond acceptors (Lipinski definition) is 3. The van der Waals surface area contributed by atoms with Gasteiger partial charge in [-0.25, -0.2) is 0 Å². The number of fused-ring (bicyclic) bond motifs is 1. The molecule has 20 heavy (non-hydrogen) atoms. The second kappa shape index (κ2) is 6.16. The van der Waals surface area contributed by atoms with E-state index in [1.807, 2.05) is 18.2 Å². The smallest absolute Gasteiger partial charge is 0.220 e. The Hall–Kier alpha value is -1.71. The summed E-state index contributed by atoms with van der Waals surface area (Å²) in [5.41, 5.74) is 1.12. The van der Waals surface area contributed by atoms with Crippen LogP contribution < -0.4 is 14.8 Å². The first-order chi connectivity index (χ1) is 9.81. The van der Waals surface area contributed by atoms with Crippen LogP contribution in [-0.2, 0) is 11.2 Å². The van der Waals surface area contributed by atoms with E-state index in [1.54, 1.807) is 0 Å². The maximum absolute atomic E-state index is 11.9. The van der Waals surface area contributed by atoms with E-state index in [2.05, 4.69) is 5.32 Å². The molecule has 0 aromatic heterocycles.